The summed E-state index contributed by atoms with van der Waals surface area (Å²) in [6.07, 6.45) is -39.3. The molecule has 29 heteroatoms. The van der Waals surface area contributed by atoms with E-state index in [9.17, 15) is 90.7 Å². The average molecular weight is 1320 g/mol. The van der Waals surface area contributed by atoms with Crippen LogP contribution >= 0.6 is 0 Å². The van der Waals surface area contributed by atoms with Crippen LogP contribution in [0.4, 0.5) is 0 Å². The molecule has 2 bridgehead atoms. The van der Waals surface area contributed by atoms with Crippen molar-refractivity contribution in [3.8, 4) is 0 Å². The molecule has 10 fully saturated rings. The van der Waals surface area contributed by atoms with Gasteiger partial charge in [0.05, 0.1) is 30.5 Å². The van der Waals surface area contributed by atoms with Crippen molar-refractivity contribution < 1.29 is 143 Å². The SMILES string of the molecule is CC=C(C)C(=O)OC1C(OC(C)=O)C23C(O)OC4(CCC5C6(C)CCC(OC7OC(C(=O)O)C(O)C(OC8OC(CO)C(O)C(O)C8OC8OC(O)C(O)C(O)C8O)C7OC7CC(CO)C(O)C(O)C7O)C(C)(C)C6CCC5(C)C4(C)CC2OC(C)=O)C3CC1(C)C. The zero-order chi connectivity index (χ0) is 67.8. The number of aliphatic hydroxyl groups excluding tert-OH is 13. The van der Waals surface area contributed by atoms with Gasteiger partial charge in [-0.05, 0) is 99.7 Å². The summed E-state index contributed by atoms with van der Waals surface area (Å²) in [5.74, 6) is -5.70. The van der Waals surface area contributed by atoms with E-state index in [0.717, 1.165) is 0 Å². The first-order valence-electron chi connectivity index (χ1n) is 32.3. The third-order valence-corrected chi connectivity index (χ3v) is 24.6. The number of esters is 3. The van der Waals surface area contributed by atoms with E-state index in [2.05, 4.69) is 20.8 Å². The Bertz CT molecular complexity index is 2750. The standard InChI is InChI=1S/C63H98O29/c1-12-24(2)51(79)90-48-49(83-26(4)67)63-32(20-57(48,5)6)62(92-56(63)81)18-14-31-59(9)16-15-33(58(7,8)30(59)13-17-60(31,10)61(62,11)21-34(63)82-25(3)66)86-55-47(84-28-19-27(22-64)35(68)38(71)36(28)69)44(43(76)45(88-55)50(77)78)87-54-46(40(73)37(70)29(23-65)85-54)89-53-42(75)39(72)41(74)52(80)91-53/h12,27-49,52-56,64-65,68-76,80-81H,13-23H2,1-11H3,(H,77,78). The van der Waals surface area contributed by atoms with Crippen LogP contribution in [0, 0.1) is 56.2 Å². The van der Waals surface area contributed by atoms with Crippen molar-refractivity contribution in [2.45, 2.75) is 287 Å². The van der Waals surface area contributed by atoms with E-state index >= 15 is 0 Å². The lowest BCUT2D eigenvalue weighted by Crippen LogP contribution is -2.77. The number of rotatable bonds is 15. The van der Waals surface area contributed by atoms with Gasteiger partial charge in [-0.25, -0.2) is 9.59 Å². The molecule has 6 aliphatic carbocycles. The minimum atomic E-state index is -2.29. The van der Waals surface area contributed by atoms with Crippen LogP contribution in [0.5, 0.6) is 0 Å². The quantitative estimate of drug-likeness (QED) is 0.0375. The number of carbonyl (C=O) groups excluding carboxylic acids is 3. The summed E-state index contributed by atoms with van der Waals surface area (Å²) in [5, 5.41) is 155. The number of allylic oxidation sites excluding steroid dienone is 1. The number of hydrogen-bond donors (Lipinski definition) is 14. The normalized spacial score (nSPS) is 52.1. The first-order valence-corrected chi connectivity index (χ1v) is 32.3. The molecule has 10 aliphatic rings. The van der Waals surface area contributed by atoms with Crippen molar-refractivity contribution in [3.63, 3.8) is 0 Å². The Balaban J connectivity index is 0.989. The van der Waals surface area contributed by atoms with Gasteiger partial charge in [0, 0.05) is 48.7 Å². The molecule has 0 aromatic carbocycles. The summed E-state index contributed by atoms with van der Waals surface area (Å²) in [7, 11) is 0. The second-order valence-electron chi connectivity index (χ2n) is 30.0. The number of carbonyl (C=O) groups is 4. The molecular weight excluding hydrogens is 1220 g/mol. The van der Waals surface area contributed by atoms with E-state index in [4.69, 9.17) is 52.1 Å². The molecule has 4 heterocycles. The second kappa shape index (κ2) is 25.6. The predicted molar refractivity (Wildman–Crippen MR) is 307 cm³/mol. The molecule has 4 aliphatic heterocycles. The highest BCUT2D eigenvalue weighted by molar-refractivity contribution is 5.87. The van der Waals surface area contributed by atoms with Gasteiger partial charge in [0.2, 0.25) is 0 Å². The minimum absolute atomic E-state index is 0.0887. The molecule has 92 heavy (non-hydrogen) atoms. The number of aliphatic carboxylic acids is 1. The lowest BCUT2D eigenvalue weighted by molar-refractivity contribution is -0.404. The van der Waals surface area contributed by atoms with Crippen molar-refractivity contribution in [1.82, 2.24) is 0 Å². The lowest BCUT2D eigenvalue weighted by atomic mass is 9.30. The number of ether oxygens (including phenoxy) is 11. The highest BCUT2D eigenvalue weighted by atomic mass is 16.8. The van der Waals surface area contributed by atoms with Gasteiger partial charge in [-0.2, -0.15) is 0 Å². The third kappa shape index (κ3) is 11.1. The van der Waals surface area contributed by atoms with Crippen LogP contribution in [0.3, 0.4) is 0 Å². The number of carboxylic acid groups (broad SMARTS) is 1. The van der Waals surface area contributed by atoms with Gasteiger partial charge < -0.3 is 124 Å². The molecule has 6 saturated carbocycles. The fraction of sp³-hybridized carbons (Fsp3) is 0.905. The number of carboxylic acids is 1. The van der Waals surface area contributed by atoms with Crippen molar-refractivity contribution in [2.75, 3.05) is 13.2 Å². The number of aliphatic hydroxyl groups is 13. The smallest absolute Gasteiger partial charge is 0.335 e. The Hall–Kier alpha value is -3.22. The molecule has 0 aromatic rings. The van der Waals surface area contributed by atoms with E-state index in [0.29, 0.717) is 44.1 Å². The molecular formula is C63H98O29. The molecule has 0 amide bonds. The Morgan fingerprint density at radius 1 is 0.554 bits per heavy atom. The summed E-state index contributed by atoms with van der Waals surface area (Å²) in [6.45, 7) is 18.6. The molecule has 0 aromatic heterocycles. The highest BCUT2D eigenvalue weighted by Gasteiger charge is 2.86. The lowest BCUT2D eigenvalue weighted by Gasteiger charge is -2.75. The maximum absolute atomic E-state index is 13.7. The van der Waals surface area contributed by atoms with Crippen LogP contribution < -0.4 is 0 Å². The summed E-state index contributed by atoms with van der Waals surface area (Å²) in [5.41, 5.74) is -6.12. The predicted octanol–water partition coefficient (Wildman–Crippen LogP) is -1.72. The Morgan fingerprint density at radius 3 is 1.80 bits per heavy atom. The molecule has 14 N–H and O–H groups in total. The maximum Gasteiger partial charge on any atom is 0.335 e. The highest BCUT2D eigenvalue weighted by Crippen LogP contribution is 2.82. The zero-order valence-corrected chi connectivity index (χ0v) is 53.9. The largest absolute Gasteiger partial charge is 0.479 e. The van der Waals surface area contributed by atoms with Crippen LogP contribution in [-0.4, -0.2) is 262 Å². The topological polar surface area (TPSA) is 453 Å². The van der Waals surface area contributed by atoms with Gasteiger partial charge in [-0.15, -0.1) is 0 Å². The van der Waals surface area contributed by atoms with E-state index < -0.39 is 234 Å². The molecule has 10 rings (SSSR count). The average Bonchev–Trinajstić information content (AvgIpc) is 1.37. The molecule has 29 nitrogen and oxygen atoms in total. The fourth-order valence-corrected chi connectivity index (χ4v) is 19.6. The minimum Gasteiger partial charge on any atom is -0.479 e. The van der Waals surface area contributed by atoms with Gasteiger partial charge in [-0.3, -0.25) is 9.59 Å². The van der Waals surface area contributed by atoms with Crippen LogP contribution in [0.15, 0.2) is 11.6 Å². The van der Waals surface area contributed by atoms with Gasteiger partial charge in [0.15, 0.2) is 43.7 Å². The Labute approximate surface area is 533 Å². The Kier molecular flexibility index (Phi) is 19.9. The Morgan fingerprint density at radius 2 is 1.18 bits per heavy atom. The first-order chi connectivity index (χ1) is 42.9. The van der Waals surface area contributed by atoms with E-state index in [1.165, 1.54) is 13.8 Å². The fourth-order valence-electron chi connectivity index (χ4n) is 19.6. The monoisotopic (exact) mass is 1320 g/mol. The van der Waals surface area contributed by atoms with Gasteiger partial charge in [0.25, 0.3) is 0 Å². The van der Waals surface area contributed by atoms with Crippen LogP contribution in [0.25, 0.3) is 0 Å². The van der Waals surface area contributed by atoms with Crippen LogP contribution in [0.1, 0.15) is 134 Å². The summed E-state index contributed by atoms with van der Waals surface area (Å²) < 4.78 is 69.3. The second-order valence-corrected chi connectivity index (χ2v) is 30.0. The van der Waals surface area contributed by atoms with Gasteiger partial charge in [-0.1, -0.05) is 54.5 Å². The molecule has 4 saturated heterocycles. The van der Waals surface area contributed by atoms with Crippen LogP contribution in [-0.2, 0) is 71.3 Å². The molecule has 0 radical (unpaired) electrons. The van der Waals surface area contributed by atoms with Crippen molar-refractivity contribution in [2.24, 2.45) is 56.2 Å². The first kappa shape index (κ1) is 71.5. The molecule has 1 spiro atoms. The zero-order valence-electron chi connectivity index (χ0n) is 53.9. The van der Waals surface area contributed by atoms with Crippen LogP contribution in [0.2, 0.25) is 0 Å². The molecule has 33 unspecified atom stereocenters. The van der Waals surface area contributed by atoms with Crippen molar-refractivity contribution in [1.29, 1.82) is 0 Å². The molecule has 524 valence electrons. The van der Waals surface area contributed by atoms with Gasteiger partial charge in [0.1, 0.15) is 90.9 Å². The van der Waals surface area contributed by atoms with E-state index in [1.807, 2.05) is 27.7 Å². The van der Waals surface area contributed by atoms with Crippen molar-refractivity contribution in [3.05, 3.63) is 11.6 Å². The third-order valence-electron chi connectivity index (χ3n) is 24.6. The summed E-state index contributed by atoms with van der Waals surface area (Å²) >= 11 is 0. The van der Waals surface area contributed by atoms with Gasteiger partial charge >= 0.3 is 23.9 Å². The van der Waals surface area contributed by atoms with Crippen molar-refractivity contribution >= 4 is 23.9 Å². The van der Waals surface area contributed by atoms with E-state index in [1.54, 1.807) is 19.9 Å². The summed E-state index contributed by atoms with van der Waals surface area (Å²) in [6, 6.07) is 0. The number of hydrogen-bond acceptors (Lipinski definition) is 28. The molecule has 33 atom stereocenters. The number of fused-ring (bicyclic) bond motifs is 4. The summed E-state index contributed by atoms with van der Waals surface area (Å²) in [4.78, 5) is 53.9. The van der Waals surface area contributed by atoms with E-state index in [-0.39, 0.29) is 31.1 Å². The maximum atomic E-state index is 13.7.